The molecule has 5 nitrogen and oxygen atoms in total. The Hall–Kier alpha value is -1.55. The summed E-state index contributed by atoms with van der Waals surface area (Å²) in [5, 5.41) is 3.18. The van der Waals surface area contributed by atoms with Crippen LogP contribution in [0, 0.1) is 0 Å². The molecule has 1 unspecified atom stereocenters. The minimum Gasteiger partial charge on any atom is -0.466 e. The summed E-state index contributed by atoms with van der Waals surface area (Å²) in [7, 11) is -3.39. The molecule has 0 aliphatic heterocycles. The second-order valence-corrected chi connectivity index (χ2v) is 6.42. The van der Waals surface area contributed by atoms with Gasteiger partial charge in [0.05, 0.1) is 19.5 Å². The lowest BCUT2D eigenvalue weighted by Crippen LogP contribution is -2.14. The zero-order valence-electron chi connectivity index (χ0n) is 12.2. The molecule has 1 heterocycles. The van der Waals surface area contributed by atoms with Gasteiger partial charge in [-0.3, -0.25) is 4.57 Å². The van der Waals surface area contributed by atoms with Gasteiger partial charge in [0.25, 0.3) is 0 Å². The number of nitrogens with one attached hydrogen (secondary N) is 1. The van der Waals surface area contributed by atoms with Crippen LogP contribution in [-0.4, -0.2) is 13.2 Å². The van der Waals surface area contributed by atoms with E-state index in [4.69, 9.17) is 13.5 Å². The fourth-order valence-electron chi connectivity index (χ4n) is 1.99. The van der Waals surface area contributed by atoms with Gasteiger partial charge < -0.3 is 18.8 Å². The van der Waals surface area contributed by atoms with Crippen LogP contribution < -0.4 is 5.32 Å². The molecule has 2 aromatic rings. The van der Waals surface area contributed by atoms with Crippen molar-refractivity contribution in [3.8, 4) is 0 Å². The Labute approximate surface area is 124 Å². The highest BCUT2D eigenvalue weighted by Gasteiger charge is 2.39. The first-order valence-corrected chi connectivity index (χ1v) is 8.54. The second kappa shape index (κ2) is 7.46. The van der Waals surface area contributed by atoms with E-state index in [0.717, 1.165) is 5.69 Å². The maximum atomic E-state index is 13.0. The quantitative estimate of drug-likeness (QED) is 0.719. The van der Waals surface area contributed by atoms with Crippen LogP contribution in [-0.2, 0) is 13.6 Å². The lowest BCUT2D eigenvalue weighted by atomic mass is 10.3. The van der Waals surface area contributed by atoms with E-state index in [2.05, 4.69) is 5.32 Å². The van der Waals surface area contributed by atoms with Crippen molar-refractivity contribution < 1.29 is 18.0 Å². The molecule has 0 spiro atoms. The first-order chi connectivity index (χ1) is 10.2. The van der Waals surface area contributed by atoms with Gasteiger partial charge in [0.2, 0.25) is 0 Å². The first-order valence-electron chi connectivity index (χ1n) is 6.93. The number of hydrogen-bond donors (Lipinski definition) is 1. The highest BCUT2D eigenvalue weighted by atomic mass is 31.2. The van der Waals surface area contributed by atoms with Crippen LogP contribution in [0.15, 0.2) is 53.1 Å². The Balaban J connectivity index is 2.33. The smallest absolute Gasteiger partial charge is 0.360 e. The van der Waals surface area contributed by atoms with Crippen LogP contribution >= 0.6 is 7.60 Å². The maximum absolute atomic E-state index is 13.0. The predicted octanol–water partition coefficient (Wildman–Crippen LogP) is 4.66. The molecule has 0 aliphatic carbocycles. The average Bonchev–Trinajstić information content (AvgIpc) is 3.00. The molecule has 0 amide bonds. The molecule has 1 aromatic carbocycles. The van der Waals surface area contributed by atoms with Crippen LogP contribution in [0.2, 0.25) is 0 Å². The van der Waals surface area contributed by atoms with Gasteiger partial charge >= 0.3 is 7.60 Å². The van der Waals surface area contributed by atoms with Crippen LogP contribution in [0.5, 0.6) is 0 Å². The molecule has 0 radical (unpaired) electrons. The van der Waals surface area contributed by atoms with E-state index in [-0.39, 0.29) is 0 Å². The van der Waals surface area contributed by atoms with E-state index in [1.807, 2.05) is 30.3 Å². The molecule has 21 heavy (non-hydrogen) atoms. The van der Waals surface area contributed by atoms with E-state index >= 15 is 0 Å². The van der Waals surface area contributed by atoms with Crippen molar-refractivity contribution in [1.29, 1.82) is 0 Å². The molecule has 0 aliphatic rings. The zero-order chi connectivity index (χ0) is 15.1. The third-order valence-electron chi connectivity index (χ3n) is 2.82. The van der Waals surface area contributed by atoms with Gasteiger partial charge in [-0.2, -0.15) is 0 Å². The largest absolute Gasteiger partial charge is 0.466 e. The van der Waals surface area contributed by atoms with Gasteiger partial charge in [0, 0.05) is 5.69 Å². The molecule has 1 N–H and O–H groups in total. The minimum absolute atomic E-state index is 0.297. The van der Waals surface area contributed by atoms with Gasteiger partial charge in [0.1, 0.15) is 5.76 Å². The third kappa shape index (κ3) is 3.97. The van der Waals surface area contributed by atoms with Gasteiger partial charge in [0.15, 0.2) is 5.78 Å². The normalized spacial score (nSPS) is 13.0. The predicted molar refractivity (Wildman–Crippen MR) is 82.4 cm³/mol. The van der Waals surface area contributed by atoms with E-state index in [1.54, 1.807) is 26.0 Å². The Morgan fingerprint density at radius 1 is 1.10 bits per heavy atom. The Morgan fingerprint density at radius 3 is 2.29 bits per heavy atom. The summed E-state index contributed by atoms with van der Waals surface area (Å²) in [6.07, 6.45) is 1.54. The van der Waals surface area contributed by atoms with Crippen molar-refractivity contribution in [3.63, 3.8) is 0 Å². The minimum atomic E-state index is -3.39. The molecule has 0 saturated heterocycles. The van der Waals surface area contributed by atoms with E-state index in [9.17, 15) is 4.57 Å². The van der Waals surface area contributed by atoms with Gasteiger partial charge in [-0.15, -0.1) is 0 Å². The molecule has 1 aromatic heterocycles. The molecule has 0 bridgehead atoms. The molecule has 114 valence electrons. The van der Waals surface area contributed by atoms with Gasteiger partial charge in [-0.25, -0.2) is 0 Å². The fraction of sp³-hybridized carbons (Fsp3) is 0.333. The number of hydrogen-bond acceptors (Lipinski definition) is 5. The highest BCUT2D eigenvalue weighted by molar-refractivity contribution is 7.54. The molecule has 0 saturated carbocycles. The average molecular weight is 309 g/mol. The van der Waals surface area contributed by atoms with E-state index in [1.165, 1.54) is 6.26 Å². The summed E-state index contributed by atoms with van der Waals surface area (Å²) < 4.78 is 29.3. The lowest BCUT2D eigenvalue weighted by Gasteiger charge is -2.26. The molecule has 2 rings (SSSR count). The van der Waals surface area contributed by atoms with E-state index < -0.39 is 13.4 Å². The fourth-order valence-corrected chi connectivity index (χ4v) is 3.85. The van der Waals surface area contributed by atoms with Crippen LogP contribution in [0.25, 0.3) is 0 Å². The standard InChI is InChI=1S/C15H20NO4P/c1-3-19-21(17,20-4-2)15(14-11-8-12-18-14)16-13-9-6-5-7-10-13/h5-12,15-16H,3-4H2,1-2H3. The van der Waals surface area contributed by atoms with Crippen LogP contribution in [0.3, 0.4) is 0 Å². The van der Waals surface area contributed by atoms with Crippen molar-refractivity contribution in [2.75, 3.05) is 18.5 Å². The maximum Gasteiger partial charge on any atom is 0.360 e. The molecule has 1 atom stereocenters. The summed E-state index contributed by atoms with van der Waals surface area (Å²) in [4.78, 5) is 0. The lowest BCUT2D eigenvalue weighted by molar-refractivity contribution is 0.211. The number of rotatable bonds is 8. The monoisotopic (exact) mass is 309 g/mol. The Morgan fingerprint density at radius 2 is 1.76 bits per heavy atom. The van der Waals surface area contributed by atoms with Gasteiger partial charge in [-0.05, 0) is 38.1 Å². The number of furan rings is 1. The Bertz CT molecular complexity index is 561. The van der Waals surface area contributed by atoms with Crippen molar-refractivity contribution in [2.24, 2.45) is 0 Å². The van der Waals surface area contributed by atoms with Crippen LogP contribution in [0.4, 0.5) is 5.69 Å². The van der Waals surface area contributed by atoms with Crippen molar-refractivity contribution >= 4 is 13.3 Å². The summed E-state index contributed by atoms with van der Waals surface area (Å²) in [6.45, 7) is 4.16. The molecule has 0 fully saturated rings. The highest BCUT2D eigenvalue weighted by Crippen LogP contribution is 2.60. The second-order valence-electron chi connectivity index (χ2n) is 4.30. The first kappa shape index (κ1) is 15.8. The number of para-hydroxylation sites is 1. The molecule has 6 heteroatoms. The molecular weight excluding hydrogens is 289 g/mol. The summed E-state index contributed by atoms with van der Waals surface area (Å²) in [5.41, 5.74) is 0.818. The summed E-state index contributed by atoms with van der Waals surface area (Å²) >= 11 is 0. The SMILES string of the molecule is CCOP(=O)(OCC)C(Nc1ccccc1)c1ccco1. The summed E-state index contributed by atoms with van der Waals surface area (Å²) in [5.74, 6) is -0.168. The zero-order valence-corrected chi connectivity index (χ0v) is 13.1. The number of anilines is 1. The molecular formula is C15H20NO4P. The van der Waals surface area contributed by atoms with Crippen molar-refractivity contribution in [2.45, 2.75) is 19.6 Å². The topological polar surface area (TPSA) is 60.7 Å². The number of benzene rings is 1. The van der Waals surface area contributed by atoms with Crippen molar-refractivity contribution in [3.05, 3.63) is 54.5 Å². The summed E-state index contributed by atoms with van der Waals surface area (Å²) in [6, 6.07) is 13.0. The van der Waals surface area contributed by atoms with E-state index in [0.29, 0.717) is 19.0 Å². The third-order valence-corrected chi connectivity index (χ3v) is 5.08. The Kier molecular flexibility index (Phi) is 5.62. The van der Waals surface area contributed by atoms with Crippen LogP contribution in [0.1, 0.15) is 25.4 Å². The van der Waals surface area contributed by atoms with Gasteiger partial charge in [-0.1, -0.05) is 18.2 Å². The van der Waals surface area contributed by atoms with Crippen molar-refractivity contribution in [1.82, 2.24) is 0 Å².